The summed E-state index contributed by atoms with van der Waals surface area (Å²) in [7, 11) is 0. The second-order valence-corrected chi connectivity index (χ2v) is 4.64. The molecule has 18 heavy (non-hydrogen) atoms. The van der Waals surface area contributed by atoms with Gasteiger partial charge in [-0.3, -0.25) is 9.63 Å². The molecule has 1 aromatic rings. The smallest absolute Gasteiger partial charge is 0.277 e. The van der Waals surface area contributed by atoms with E-state index in [-0.39, 0.29) is 12.0 Å². The molecule has 0 aliphatic carbocycles. The summed E-state index contributed by atoms with van der Waals surface area (Å²) in [6.07, 6.45) is 2.16. The third kappa shape index (κ3) is 3.23. The van der Waals surface area contributed by atoms with E-state index in [1.54, 1.807) is 12.1 Å². The predicted octanol–water partition coefficient (Wildman–Crippen LogP) is 2.64. The largest absolute Gasteiger partial charge is 0.491 e. The van der Waals surface area contributed by atoms with Gasteiger partial charge in [-0.25, -0.2) is 5.06 Å². The Labute approximate surface area is 107 Å². The predicted molar refractivity (Wildman–Crippen MR) is 68.4 cm³/mol. The first-order valence-electron chi connectivity index (χ1n) is 6.38. The van der Waals surface area contributed by atoms with Crippen molar-refractivity contribution in [1.82, 2.24) is 5.06 Å². The molecule has 1 fully saturated rings. The van der Waals surface area contributed by atoms with Crippen molar-refractivity contribution in [3.8, 4) is 5.75 Å². The van der Waals surface area contributed by atoms with Gasteiger partial charge in [0.2, 0.25) is 0 Å². The van der Waals surface area contributed by atoms with Crippen LogP contribution in [0.5, 0.6) is 5.75 Å². The second kappa shape index (κ2) is 5.87. The van der Waals surface area contributed by atoms with Crippen molar-refractivity contribution in [3.63, 3.8) is 0 Å². The lowest BCUT2D eigenvalue weighted by atomic mass is 10.2. The van der Waals surface area contributed by atoms with Crippen LogP contribution in [-0.2, 0) is 4.84 Å². The van der Waals surface area contributed by atoms with Crippen LogP contribution in [0.4, 0.5) is 0 Å². The molecule has 1 aliphatic rings. The van der Waals surface area contributed by atoms with Crippen LogP contribution in [0.1, 0.15) is 37.0 Å². The summed E-state index contributed by atoms with van der Waals surface area (Å²) < 4.78 is 5.54. The molecular formula is C14H19NO3. The highest BCUT2D eigenvalue weighted by molar-refractivity contribution is 5.93. The van der Waals surface area contributed by atoms with Crippen molar-refractivity contribution in [2.24, 2.45) is 0 Å². The Morgan fingerprint density at radius 2 is 2.00 bits per heavy atom. The van der Waals surface area contributed by atoms with Crippen molar-refractivity contribution in [2.75, 3.05) is 13.2 Å². The molecule has 0 atom stereocenters. The van der Waals surface area contributed by atoms with Gasteiger partial charge in [0.15, 0.2) is 0 Å². The van der Waals surface area contributed by atoms with Crippen molar-refractivity contribution >= 4 is 5.91 Å². The van der Waals surface area contributed by atoms with Crippen LogP contribution in [-0.4, -0.2) is 30.2 Å². The molecule has 0 bridgehead atoms. The first kappa shape index (κ1) is 12.9. The zero-order valence-corrected chi connectivity index (χ0v) is 10.9. The molecule has 1 aliphatic heterocycles. The SMILES string of the molecule is CC(C)Oc1ccc(C(=O)N2CCCCO2)cc1. The molecule has 0 spiro atoms. The van der Waals surface area contributed by atoms with E-state index in [4.69, 9.17) is 9.57 Å². The summed E-state index contributed by atoms with van der Waals surface area (Å²) in [5, 5.41) is 1.45. The molecule has 1 heterocycles. The number of hydroxylamine groups is 2. The zero-order valence-electron chi connectivity index (χ0n) is 10.9. The Morgan fingerprint density at radius 1 is 1.28 bits per heavy atom. The first-order valence-corrected chi connectivity index (χ1v) is 6.38. The molecule has 2 rings (SSSR count). The van der Waals surface area contributed by atoms with E-state index in [0.717, 1.165) is 18.6 Å². The Kier molecular flexibility index (Phi) is 4.20. The van der Waals surface area contributed by atoms with Gasteiger partial charge in [-0.1, -0.05) is 0 Å². The first-order chi connectivity index (χ1) is 8.66. The van der Waals surface area contributed by atoms with Crippen LogP contribution >= 0.6 is 0 Å². The minimum absolute atomic E-state index is 0.0780. The topological polar surface area (TPSA) is 38.8 Å². The lowest BCUT2D eigenvalue weighted by molar-refractivity contribution is -0.144. The van der Waals surface area contributed by atoms with Gasteiger partial charge >= 0.3 is 0 Å². The normalized spacial score (nSPS) is 15.8. The number of carbonyl (C=O) groups is 1. The molecule has 1 aromatic carbocycles. The molecule has 0 radical (unpaired) electrons. The fourth-order valence-electron chi connectivity index (χ4n) is 1.85. The Bertz CT molecular complexity index is 394. The van der Waals surface area contributed by atoms with Crippen LogP contribution in [0.15, 0.2) is 24.3 Å². The van der Waals surface area contributed by atoms with E-state index < -0.39 is 0 Å². The molecule has 0 N–H and O–H groups in total. The van der Waals surface area contributed by atoms with Crippen molar-refractivity contribution in [2.45, 2.75) is 32.8 Å². The van der Waals surface area contributed by atoms with E-state index in [0.29, 0.717) is 18.7 Å². The van der Waals surface area contributed by atoms with E-state index in [1.165, 1.54) is 5.06 Å². The molecule has 0 unspecified atom stereocenters. The van der Waals surface area contributed by atoms with Crippen molar-refractivity contribution < 1.29 is 14.4 Å². The Hall–Kier alpha value is -1.55. The van der Waals surface area contributed by atoms with Crippen LogP contribution in [0.2, 0.25) is 0 Å². The van der Waals surface area contributed by atoms with E-state index >= 15 is 0 Å². The summed E-state index contributed by atoms with van der Waals surface area (Å²) in [5.41, 5.74) is 0.632. The van der Waals surface area contributed by atoms with Crippen LogP contribution < -0.4 is 4.74 Å². The fraction of sp³-hybridized carbons (Fsp3) is 0.500. The molecule has 0 aromatic heterocycles. The van der Waals surface area contributed by atoms with Crippen LogP contribution in [0.25, 0.3) is 0 Å². The third-order valence-corrected chi connectivity index (χ3v) is 2.70. The monoisotopic (exact) mass is 249 g/mol. The minimum atomic E-state index is -0.0780. The average Bonchev–Trinajstić information content (AvgIpc) is 2.39. The van der Waals surface area contributed by atoms with Gasteiger partial charge in [0, 0.05) is 12.1 Å². The Morgan fingerprint density at radius 3 is 2.56 bits per heavy atom. The lowest BCUT2D eigenvalue weighted by Gasteiger charge is -2.25. The summed E-state index contributed by atoms with van der Waals surface area (Å²) in [5.74, 6) is 0.701. The molecular weight excluding hydrogens is 230 g/mol. The number of nitrogens with zero attached hydrogens (tertiary/aromatic N) is 1. The van der Waals surface area contributed by atoms with E-state index in [1.807, 2.05) is 26.0 Å². The van der Waals surface area contributed by atoms with E-state index in [9.17, 15) is 4.79 Å². The number of carbonyl (C=O) groups excluding carboxylic acids is 1. The van der Waals surface area contributed by atoms with Gasteiger partial charge in [-0.05, 0) is 51.0 Å². The molecule has 4 nitrogen and oxygen atoms in total. The minimum Gasteiger partial charge on any atom is -0.491 e. The summed E-state index contributed by atoms with van der Waals surface area (Å²) in [6, 6.07) is 7.18. The number of hydrogen-bond acceptors (Lipinski definition) is 3. The number of ether oxygens (including phenoxy) is 1. The van der Waals surface area contributed by atoms with Gasteiger partial charge in [-0.15, -0.1) is 0 Å². The molecule has 0 saturated carbocycles. The van der Waals surface area contributed by atoms with E-state index in [2.05, 4.69) is 0 Å². The maximum Gasteiger partial charge on any atom is 0.277 e. The number of hydrogen-bond donors (Lipinski definition) is 0. The summed E-state index contributed by atoms with van der Waals surface area (Å²) in [4.78, 5) is 17.4. The third-order valence-electron chi connectivity index (χ3n) is 2.70. The maximum atomic E-state index is 12.1. The maximum absolute atomic E-state index is 12.1. The lowest BCUT2D eigenvalue weighted by Crippen LogP contribution is -2.35. The number of benzene rings is 1. The van der Waals surface area contributed by atoms with Crippen molar-refractivity contribution in [1.29, 1.82) is 0 Å². The molecule has 98 valence electrons. The Balaban J connectivity index is 2.02. The highest BCUT2D eigenvalue weighted by atomic mass is 16.7. The second-order valence-electron chi connectivity index (χ2n) is 4.64. The van der Waals surface area contributed by atoms with Crippen molar-refractivity contribution in [3.05, 3.63) is 29.8 Å². The fourth-order valence-corrected chi connectivity index (χ4v) is 1.85. The number of rotatable bonds is 3. The van der Waals surface area contributed by atoms with Gasteiger partial charge in [-0.2, -0.15) is 0 Å². The molecule has 1 amide bonds. The van der Waals surface area contributed by atoms with Gasteiger partial charge in [0.05, 0.1) is 12.7 Å². The van der Waals surface area contributed by atoms with Crippen LogP contribution in [0, 0.1) is 0 Å². The van der Waals surface area contributed by atoms with Gasteiger partial charge in [0.25, 0.3) is 5.91 Å². The van der Waals surface area contributed by atoms with Gasteiger partial charge in [0.1, 0.15) is 5.75 Å². The zero-order chi connectivity index (χ0) is 13.0. The molecule has 1 saturated heterocycles. The van der Waals surface area contributed by atoms with Gasteiger partial charge < -0.3 is 4.74 Å². The quantitative estimate of drug-likeness (QED) is 0.826. The standard InChI is InChI=1S/C14H19NO3/c1-11(2)18-13-7-5-12(6-8-13)14(16)15-9-3-4-10-17-15/h5-8,11H,3-4,9-10H2,1-2H3. The summed E-state index contributed by atoms with van der Waals surface area (Å²) in [6.45, 7) is 5.24. The van der Waals surface area contributed by atoms with Crippen LogP contribution in [0.3, 0.4) is 0 Å². The molecule has 4 heteroatoms. The highest BCUT2D eigenvalue weighted by Gasteiger charge is 2.19. The number of amides is 1. The average molecular weight is 249 g/mol. The summed E-state index contributed by atoms with van der Waals surface area (Å²) >= 11 is 0. The highest BCUT2D eigenvalue weighted by Crippen LogP contribution is 2.16.